The van der Waals surface area contributed by atoms with Crippen molar-refractivity contribution >= 4 is 11.4 Å². The zero-order valence-corrected chi connectivity index (χ0v) is 11.6. The van der Waals surface area contributed by atoms with Gasteiger partial charge in [-0.25, -0.2) is 0 Å². The van der Waals surface area contributed by atoms with Gasteiger partial charge in [-0.1, -0.05) is 6.07 Å². The number of ether oxygens (including phenoxy) is 1. The van der Waals surface area contributed by atoms with E-state index in [1.54, 1.807) is 0 Å². The zero-order chi connectivity index (χ0) is 13.1. The Kier molecular flexibility index (Phi) is 4.00. The Labute approximate surface area is 110 Å². The molecule has 1 aromatic carbocycles. The highest BCUT2D eigenvalue weighted by Gasteiger charge is 2.25. The molecular weight excluding hydrogens is 224 g/mol. The molecule has 3 nitrogen and oxygen atoms in total. The van der Waals surface area contributed by atoms with Crippen LogP contribution in [0.4, 0.5) is 11.4 Å². The summed E-state index contributed by atoms with van der Waals surface area (Å²) in [5.74, 6) is 1.66. The van der Waals surface area contributed by atoms with Crippen molar-refractivity contribution in [1.29, 1.82) is 0 Å². The van der Waals surface area contributed by atoms with Crippen LogP contribution in [0.15, 0.2) is 18.2 Å². The van der Waals surface area contributed by atoms with Crippen LogP contribution in [0.3, 0.4) is 0 Å². The molecule has 1 saturated carbocycles. The lowest BCUT2D eigenvalue weighted by atomic mass is 10.2. The van der Waals surface area contributed by atoms with Crippen molar-refractivity contribution in [3.05, 3.63) is 18.2 Å². The highest BCUT2D eigenvalue weighted by molar-refractivity contribution is 5.74. The molecule has 2 rings (SSSR count). The van der Waals surface area contributed by atoms with Crippen LogP contribution in [0.5, 0.6) is 5.75 Å². The Balaban J connectivity index is 2.19. The van der Waals surface area contributed by atoms with Crippen LogP contribution in [0.2, 0.25) is 0 Å². The van der Waals surface area contributed by atoms with E-state index in [2.05, 4.69) is 17.9 Å². The Morgan fingerprint density at radius 1 is 1.39 bits per heavy atom. The molecular formula is C15H24N2O. The molecule has 0 atom stereocenters. The van der Waals surface area contributed by atoms with Crippen molar-refractivity contribution in [2.45, 2.75) is 39.7 Å². The van der Waals surface area contributed by atoms with Crippen LogP contribution in [0, 0.1) is 5.92 Å². The number of hydrogen-bond acceptors (Lipinski definition) is 3. The third kappa shape index (κ3) is 3.09. The molecule has 0 aliphatic heterocycles. The maximum absolute atomic E-state index is 6.24. The van der Waals surface area contributed by atoms with Crippen LogP contribution in [-0.4, -0.2) is 19.2 Å². The first-order valence-electron chi connectivity index (χ1n) is 6.92. The molecule has 1 aliphatic carbocycles. The summed E-state index contributed by atoms with van der Waals surface area (Å²) in [5.41, 5.74) is 8.12. The lowest BCUT2D eigenvalue weighted by molar-refractivity contribution is 0.244. The average Bonchev–Trinajstić information content (AvgIpc) is 3.12. The van der Waals surface area contributed by atoms with E-state index in [-0.39, 0.29) is 6.10 Å². The normalized spacial score (nSPS) is 14.9. The summed E-state index contributed by atoms with van der Waals surface area (Å²) >= 11 is 0. The van der Waals surface area contributed by atoms with E-state index in [1.165, 1.54) is 12.8 Å². The van der Waals surface area contributed by atoms with Crippen molar-refractivity contribution in [3.63, 3.8) is 0 Å². The molecule has 0 aromatic heterocycles. The van der Waals surface area contributed by atoms with Gasteiger partial charge in [0.05, 0.1) is 17.5 Å². The number of anilines is 2. The van der Waals surface area contributed by atoms with Gasteiger partial charge in [0.25, 0.3) is 0 Å². The molecule has 1 aromatic rings. The lowest BCUT2D eigenvalue weighted by Gasteiger charge is -2.26. The minimum atomic E-state index is 0.154. The van der Waals surface area contributed by atoms with Gasteiger partial charge in [0.15, 0.2) is 0 Å². The fourth-order valence-corrected chi connectivity index (χ4v) is 2.17. The van der Waals surface area contributed by atoms with Crippen LogP contribution in [0.1, 0.15) is 33.6 Å². The van der Waals surface area contributed by atoms with Crippen molar-refractivity contribution in [1.82, 2.24) is 0 Å². The summed E-state index contributed by atoms with van der Waals surface area (Å²) in [5, 5.41) is 0. The first-order chi connectivity index (χ1) is 8.61. The number of nitrogens with zero attached hydrogens (tertiary/aromatic N) is 1. The van der Waals surface area contributed by atoms with Crippen LogP contribution < -0.4 is 15.4 Å². The zero-order valence-electron chi connectivity index (χ0n) is 11.6. The molecule has 0 saturated heterocycles. The largest absolute Gasteiger partial charge is 0.489 e. The van der Waals surface area contributed by atoms with Gasteiger partial charge < -0.3 is 15.4 Å². The SMILES string of the molecule is CCN(CC1CC1)c1cccc(OC(C)C)c1N. The molecule has 3 heteroatoms. The minimum Gasteiger partial charge on any atom is -0.489 e. The molecule has 18 heavy (non-hydrogen) atoms. The van der Waals surface area contributed by atoms with E-state index in [4.69, 9.17) is 10.5 Å². The summed E-state index contributed by atoms with van der Waals surface area (Å²) in [6, 6.07) is 6.07. The van der Waals surface area contributed by atoms with Crippen molar-refractivity contribution in [2.75, 3.05) is 23.7 Å². The molecule has 0 spiro atoms. The second-order valence-corrected chi connectivity index (χ2v) is 5.34. The molecule has 0 radical (unpaired) electrons. The maximum atomic E-state index is 6.24. The molecule has 100 valence electrons. The molecule has 1 fully saturated rings. The lowest BCUT2D eigenvalue weighted by Crippen LogP contribution is -2.26. The Hall–Kier alpha value is -1.38. The third-order valence-electron chi connectivity index (χ3n) is 3.30. The molecule has 0 amide bonds. The van der Waals surface area contributed by atoms with Crippen molar-refractivity contribution in [3.8, 4) is 5.75 Å². The van der Waals surface area contributed by atoms with E-state index in [0.717, 1.165) is 36.1 Å². The molecule has 2 N–H and O–H groups in total. The molecule has 0 heterocycles. The fourth-order valence-electron chi connectivity index (χ4n) is 2.17. The smallest absolute Gasteiger partial charge is 0.144 e. The predicted octanol–water partition coefficient (Wildman–Crippen LogP) is 3.29. The Morgan fingerprint density at radius 3 is 2.67 bits per heavy atom. The monoisotopic (exact) mass is 248 g/mol. The number of benzene rings is 1. The summed E-state index contributed by atoms with van der Waals surface area (Å²) < 4.78 is 5.75. The minimum absolute atomic E-state index is 0.154. The molecule has 1 aliphatic rings. The van der Waals surface area contributed by atoms with E-state index < -0.39 is 0 Å². The van der Waals surface area contributed by atoms with Gasteiger partial charge in [0.2, 0.25) is 0 Å². The first-order valence-corrected chi connectivity index (χ1v) is 6.92. The van der Waals surface area contributed by atoms with E-state index in [0.29, 0.717) is 0 Å². The maximum Gasteiger partial charge on any atom is 0.144 e. The highest BCUT2D eigenvalue weighted by atomic mass is 16.5. The van der Waals surface area contributed by atoms with Crippen LogP contribution >= 0.6 is 0 Å². The van der Waals surface area contributed by atoms with Crippen LogP contribution in [-0.2, 0) is 0 Å². The van der Waals surface area contributed by atoms with Crippen LogP contribution in [0.25, 0.3) is 0 Å². The Morgan fingerprint density at radius 2 is 2.11 bits per heavy atom. The van der Waals surface area contributed by atoms with Gasteiger partial charge in [-0.3, -0.25) is 0 Å². The van der Waals surface area contributed by atoms with Gasteiger partial charge in [0, 0.05) is 13.1 Å². The second-order valence-electron chi connectivity index (χ2n) is 5.34. The van der Waals surface area contributed by atoms with Gasteiger partial charge in [-0.2, -0.15) is 0 Å². The number of nitrogens with two attached hydrogens (primary N) is 1. The summed E-state index contributed by atoms with van der Waals surface area (Å²) in [6.45, 7) is 8.33. The number of rotatable bonds is 6. The van der Waals surface area contributed by atoms with Crippen molar-refractivity contribution in [2.24, 2.45) is 5.92 Å². The molecule has 0 unspecified atom stereocenters. The summed E-state index contributed by atoms with van der Waals surface area (Å²) in [4.78, 5) is 2.36. The number of para-hydroxylation sites is 1. The summed E-state index contributed by atoms with van der Waals surface area (Å²) in [6.07, 6.45) is 2.87. The van der Waals surface area contributed by atoms with Gasteiger partial charge in [-0.15, -0.1) is 0 Å². The third-order valence-corrected chi connectivity index (χ3v) is 3.30. The van der Waals surface area contributed by atoms with Gasteiger partial charge in [-0.05, 0) is 51.7 Å². The number of nitrogen functional groups attached to an aromatic ring is 1. The predicted molar refractivity (Wildman–Crippen MR) is 77.2 cm³/mol. The second kappa shape index (κ2) is 5.51. The quantitative estimate of drug-likeness (QED) is 0.785. The van der Waals surface area contributed by atoms with E-state index >= 15 is 0 Å². The van der Waals surface area contributed by atoms with Gasteiger partial charge in [0.1, 0.15) is 5.75 Å². The fraction of sp³-hybridized carbons (Fsp3) is 0.600. The highest BCUT2D eigenvalue weighted by Crippen LogP contribution is 2.36. The average molecular weight is 248 g/mol. The van der Waals surface area contributed by atoms with E-state index in [9.17, 15) is 0 Å². The summed E-state index contributed by atoms with van der Waals surface area (Å²) in [7, 11) is 0. The van der Waals surface area contributed by atoms with E-state index in [1.807, 2.05) is 26.0 Å². The number of hydrogen-bond donors (Lipinski definition) is 1. The molecule has 0 bridgehead atoms. The topological polar surface area (TPSA) is 38.5 Å². The van der Waals surface area contributed by atoms with Gasteiger partial charge >= 0.3 is 0 Å². The first kappa shape index (κ1) is 13.1. The standard InChI is InChI=1S/C15H24N2O/c1-4-17(10-12-8-9-12)13-6-5-7-14(15(13)16)18-11(2)3/h5-7,11-12H,4,8-10,16H2,1-3H3. The Bertz CT molecular complexity index is 399. The van der Waals surface area contributed by atoms with Crippen molar-refractivity contribution < 1.29 is 4.74 Å².